The van der Waals surface area contributed by atoms with Crippen LogP contribution in [0.2, 0.25) is 0 Å². The molecule has 0 bridgehead atoms. The molecule has 0 atom stereocenters. The van der Waals surface area contributed by atoms with Crippen LogP contribution in [0.25, 0.3) is 0 Å². The zero-order valence-electron chi connectivity index (χ0n) is 19.8. The molecule has 0 spiro atoms. The first-order valence-corrected chi connectivity index (χ1v) is 11.6. The fourth-order valence-corrected chi connectivity index (χ4v) is 4.21. The topological polar surface area (TPSA) is 104 Å². The second-order valence-corrected chi connectivity index (χ2v) is 8.66. The van der Waals surface area contributed by atoms with Crippen LogP contribution in [0.4, 0.5) is 5.00 Å². The van der Waals surface area contributed by atoms with Gasteiger partial charge in [-0.2, -0.15) is 0 Å². The lowest BCUT2D eigenvalue weighted by Gasteiger charge is -2.07. The summed E-state index contributed by atoms with van der Waals surface area (Å²) in [6, 6.07) is 8.94. The Morgan fingerprint density at radius 1 is 1.03 bits per heavy atom. The van der Waals surface area contributed by atoms with E-state index in [0.29, 0.717) is 23.5 Å². The second kappa shape index (κ2) is 11.0. The van der Waals surface area contributed by atoms with Crippen molar-refractivity contribution in [3.05, 3.63) is 69.0 Å². The molecular formula is C25H27NO7S. The summed E-state index contributed by atoms with van der Waals surface area (Å²) in [6.45, 7) is 7.87. The van der Waals surface area contributed by atoms with E-state index in [1.165, 1.54) is 18.7 Å². The van der Waals surface area contributed by atoms with E-state index in [-0.39, 0.29) is 34.4 Å². The van der Waals surface area contributed by atoms with Gasteiger partial charge in [0.15, 0.2) is 5.76 Å². The smallest absolute Gasteiger partial charge is 0.348 e. The number of benzene rings is 1. The minimum absolute atomic E-state index is 0.0391. The molecule has 0 aliphatic heterocycles. The van der Waals surface area contributed by atoms with Crippen molar-refractivity contribution >= 4 is 34.2 Å². The number of esters is 2. The van der Waals surface area contributed by atoms with Gasteiger partial charge in [-0.25, -0.2) is 9.59 Å². The molecule has 1 N–H and O–H groups in total. The quantitative estimate of drug-likeness (QED) is 0.402. The van der Waals surface area contributed by atoms with E-state index in [9.17, 15) is 14.4 Å². The van der Waals surface area contributed by atoms with Crippen molar-refractivity contribution in [2.24, 2.45) is 0 Å². The maximum atomic E-state index is 12.8. The third-order valence-corrected chi connectivity index (χ3v) is 6.32. The van der Waals surface area contributed by atoms with Gasteiger partial charge in [-0.1, -0.05) is 13.0 Å². The van der Waals surface area contributed by atoms with E-state index in [4.69, 9.17) is 18.6 Å². The van der Waals surface area contributed by atoms with E-state index in [2.05, 4.69) is 5.32 Å². The van der Waals surface area contributed by atoms with Gasteiger partial charge in [-0.15, -0.1) is 11.3 Å². The average molecular weight is 486 g/mol. The first-order chi connectivity index (χ1) is 16.2. The zero-order valence-corrected chi connectivity index (χ0v) is 20.6. The van der Waals surface area contributed by atoms with Crippen LogP contribution in [0.3, 0.4) is 0 Å². The number of carbonyl (C=O) groups is 3. The van der Waals surface area contributed by atoms with E-state index in [1.54, 1.807) is 13.0 Å². The molecule has 34 heavy (non-hydrogen) atoms. The maximum Gasteiger partial charge on any atom is 0.348 e. The number of thiophene rings is 1. The third kappa shape index (κ3) is 5.66. The van der Waals surface area contributed by atoms with Gasteiger partial charge in [-0.3, -0.25) is 4.79 Å². The van der Waals surface area contributed by atoms with Crippen molar-refractivity contribution in [2.45, 2.75) is 40.7 Å². The van der Waals surface area contributed by atoms with Crippen molar-refractivity contribution in [2.75, 3.05) is 19.0 Å². The first-order valence-electron chi connectivity index (χ1n) is 10.7. The summed E-state index contributed by atoms with van der Waals surface area (Å²) in [5.74, 6) is -0.593. The van der Waals surface area contributed by atoms with Gasteiger partial charge in [0.25, 0.3) is 5.91 Å². The predicted octanol–water partition coefficient (Wildman–Crippen LogP) is 5.45. The molecule has 9 heteroatoms. The van der Waals surface area contributed by atoms with Gasteiger partial charge in [0, 0.05) is 0 Å². The van der Waals surface area contributed by atoms with Crippen LogP contribution in [0.1, 0.15) is 66.4 Å². The molecule has 180 valence electrons. The number of carbonyl (C=O) groups excluding carboxylic acids is 3. The van der Waals surface area contributed by atoms with Crippen molar-refractivity contribution in [1.29, 1.82) is 0 Å². The molecule has 0 aliphatic carbocycles. The molecule has 0 radical (unpaired) electrons. The van der Waals surface area contributed by atoms with Gasteiger partial charge < -0.3 is 23.9 Å². The summed E-state index contributed by atoms with van der Waals surface area (Å²) in [7, 11) is 1.25. The van der Waals surface area contributed by atoms with E-state index in [1.807, 2.05) is 39.0 Å². The normalized spacial score (nSPS) is 10.6. The average Bonchev–Trinajstić information content (AvgIpc) is 3.42. The highest BCUT2D eigenvalue weighted by atomic mass is 32.1. The number of hydrogen-bond donors (Lipinski definition) is 1. The molecule has 8 nitrogen and oxygen atoms in total. The van der Waals surface area contributed by atoms with Crippen molar-refractivity contribution in [3.8, 4) is 5.75 Å². The van der Waals surface area contributed by atoms with Crippen LogP contribution < -0.4 is 10.1 Å². The monoisotopic (exact) mass is 485 g/mol. The van der Waals surface area contributed by atoms with E-state index < -0.39 is 17.8 Å². The Balaban J connectivity index is 1.76. The molecule has 1 amide bonds. The SMILES string of the molecule is CCCOC(=O)c1c(NC(=O)c2ccc(COc3ccc(C)c(C)c3)o2)sc(C(=O)OC)c1C. The molecule has 0 saturated heterocycles. The predicted molar refractivity (Wildman–Crippen MR) is 128 cm³/mol. The Kier molecular flexibility index (Phi) is 8.12. The largest absolute Gasteiger partial charge is 0.486 e. The van der Waals surface area contributed by atoms with Gasteiger partial charge in [0.2, 0.25) is 0 Å². The van der Waals surface area contributed by atoms with Crippen LogP contribution in [-0.2, 0) is 16.1 Å². The third-order valence-electron chi connectivity index (χ3n) is 5.13. The van der Waals surface area contributed by atoms with Crippen LogP contribution in [0.15, 0.2) is 34.7 Å². The summed E-state index contributed by atoms with van der Waals surface area (Å²) in [5.41, 5.74) is 2.79. The van der Waals surface area contributed by atoms with Crippen molar-refractivity contribution in [3.63, 3.8) is 0 Å². The van der Waals surface area contributed by atoms with Crippen molar-refractivity contribution < 1.29 is 33.0 Å². The Bertz CT molecular complexity index is 1210. The van der Waals surface area contributed by atoms with Crippen LogP contribution in [0, 0.1) is 20.8 Å². The van der Waals surface area contributed by atoms with E-state index >= 15 is 0 Å². The fourth-order valence-electron chi connectivity index (χ4n) is 3.10. The van der Waals surface area contributed by atoms with Gasteiger partial charge in [-0.05, 0) is 68.1 Å². The fraction of sp³-hybridized carbons (Fsp3) is 0.320. The number of amides is 1. The highest BCUT2D eigenvalue weighted by Crippen LogP contribution is 2.34. The van der Waals surface area contributed by atoms with Gasteiger partial charge in [0.05, 0.1) is 19.3 Å². The lowest BCUT2D eigenvalue weighted by Crippen LogP contribution is -2.14. The zero-order chi connectivity index (χ0) is 24.8. The highest BCUT2D eigenvalue weighted by Gasteiger charge is 2.28. The highest BCUT2D eigenvalue weighted by molar-refractivity contribution is 7.18. The first kappa shape index (κ1) is 25.0. The molecule has 0 saturated carbocycles. The molecule has 3 rings (SSSR count). The number of hydrogen-bond acceptors (Lipinski definition) is 8. The summed E-state index contributed by atoms with van der Waals surface area (Å²) >= 11 is 0.947. The van der Waals surface area contributed by atoms with Crippen LogP contribution >= 0.6 is 11.3 Å². The summed E-state index contributed by atoms with van der Waals surface area (Å²) in [5, 5.41) is 2.85. The Morgan fingerprint density at radius 2 is 1.79 bits per heavy atom. The lowest BCUT2D eigenvalue weighted by atomic mass is 10.1. The summed E-state index contributed by atoms with van der Waals surface area (Å²) < 4.78 is 21.4. The minimum Gasteiger partial charge on any atom is -0.486 e. The van der Waals surface area contributed by atoms with Crippen LogP contribution in [0.5, 0.6) is 5.75 Å². The summed E-state index contributed by atoms with van der Waals surface area (Å²) in [4.78, 5) is 37.7. The van der Waals surface area contributed by atoms with Crippen LogP contribution in [-0.4, -0.2) is 31.6 Å². The van der Waals surface area contributed by atoms with Gasteiger partial charge >= 0.3 is 11.9 Å². The second-order valence-electron chi connectivity index (χ2n) is 7.64. The summed E-state index contributed by atoms with van der Waals surface area (Å²) in [6.07, 6.45) is 0.639. The molecular weight excluding hydrogens is 458 g/mol. The Labute approximate surface area is 201 Å². The molecule has 2 heterocycles. The van der Waals surface area contributed by atoms with E-state index in [0.717, 1.165) is 16.9 Å². The number of methoxy groups -OCH3 is 1. The number of ether oxygens (including phenoxy) is 3. The molecule has 3 aromatic rings. The minimum atomic E-state index is -0.622. The standard InChI is InChI=1S/C25H27NO7S/c1-6-11-31-24(28)20-16(4)21(25(29)30-5)34-23(20)26-22(27)19-10-9-18(33-19)13-32-17-8-7-14(2)15(3)12-17/h7-10,12H,6,11,13H2,1-5H3,(H,26,27). The Morgan fingerprint density at radius 3 is 2.47 bits per heavy atom. The number of anilines is 1. The number of nitrogens with one attached hydrogen (secondary N) is 1. The number of furan rings is 1. The van der Waals surface area contributed by atoms with Gasteiger partial charge in [0.1, 0.15) is 28.0 Å². The maximum absolute atomic E-state index is 12.8. The molecule has 0 fully saturated rings. The molecule has 2 aromatic heterocycles. The number of aryl methyl sites for hydroxylation is 2. The molecule has 1 aromatic carbocycles. The Hall–Kier alpha value is -3.59. The number of rotatable bonds is 9. The lowest BCUT2D eigenvalue weighted by molar-refractivity contribution is 0.0506. The molecule has 0 aliphatic rings. The van der Waals surface area contributed by atoms with Crippen molar-refractivity contribution in [1.82, 2.24) is 0 Å². The molecule has 0 unspecified atom stereocenters.